The van der Waals surface area contributed by atoms with E-state index in [1.165, 1.54) is 28.8 Å². The third-order valence-corrected chi connectivity index (χ3v) is 17.0. The molecule has 28 heteroatoms. The molecule has 6 aromatic rings. The Morgan fingerprint density at radius 2 is 1.51 bits per heavy atom. The van der Waals surface area contributed by atoms with Gasteiger partial charge in [-0.05, 0) is 76.4 Å². The molecule has 93 heavy (non-hydrogen) atoms. The number of aryl methyl sites for hydroxylation is 1. The van der Waals surface area contributed by atoms with Crippen LogP contribution in [0.3, 0.4) is 0 Å². The first-order valence-corrected chi connectivity index (χ1v) is 30.1. The maximum atomic E-state index is 15.5. The summed E-state index contributed by atoms with van der Waals surface area (Å²) in [5.74, 6) is -6.66. The van der Waals surface area contributed by atoms with Crippen LogP contribution in [0.5, 0.6) is 5.75 Å². The molecule has 5 aliphatic rings. The second-order valence-corrected chi connectivity index (χ2v) is 22.8. The zero-order valence-electron chi connectivity index (χ0n) is 50.8. The second kappa shape index (κ2) is 27.3. The first-order chi connectivity index (χ1) is 44.7. The number of nitrogens with zero attached hydrogens (tertiary/aromatic N) is 2. The van der Waals surface area contributed by atoms with Crippen LogP contribution < -0.4 is 26.2 Å². The molecule has 3 amide bonds. The van der Waals surface area contributed by atoms with Crippen molar-refractivity contribution in [1.29, 1.82) is 0 Å². The van der Waals surface area contributed by atoms with E-state index in [9.17, 15) is 48.3 Å². The summed E-state index contributed by atoms with van der Waals surface area (Å²) in [7, 11) is 1.02. The Kier molecular flexibility index (Phi) is 19.1. The van der Waals surface area contributed by atoms with Gasteiger partial charge in [-0.25, -0.2) is 28.6 Å². The van der Waals surface area contributed by atoms with E-state index in [1.807, 2.05) is 48.5 Å². The van der Waals surface area contributed by atoms with Crippen LogP contribution in [0.2, 0.25) is 5.02 Å². The van der Waals surface area contributed by atoms with Crippen molar-refractivity contribution >= 4 is 76.1 Å². The molecule has 0 unspecified atom stereocenters. The molecule has 2 aliphatic carbocycles. The number of esters is 5. The number of carbonyl (C=O) groups is 8. The van der Waals surface area contributed by atoms with Crippen molar-refractivity contribution in [3.63, 3.8) is 0 Å². The van der Waals surface area contributed by atoms with Crippen LogP contribution in [0.15, 0.2) is 83.7 Å². The van der Waals surface area contributed by atoms with Gasteiger partial charge in [-0.15, -0.1) is 0 Å². The number of nitrogens with one attached hydrogen (secondary N) is 3. The lowest BCUT2D eigenvalue weighted by Gasteiger charge is -2.43. The fourth-order valence-corrected chi connectivity index (χ4v) is 12.7. The van der Waals surface area contributed by atoms with E-state index >= 15 is 4.39 Å². The van der Waals surface area contributed by atoms with Gasteiger partial charge in [-0.3, -0.25) is 24.0 Å². The molecule has 11 rings (SSSR count). The summed E-state index contributed by atoms with van der Waals surface area (Å²) in [5, 5.41) is 20.0. The number of hydrogen-bond donors (Lipinski definition) is 4. The molecule has 1 fully saturated rings. The van der Waals surface area contributed by atoms with Crippen LogP contribution in [-0.4, -0.2) is 140 Å². The normalized spacial score (nSPS) is 20.5. The van der Waals surface area contributed by atoms with E-state index in [1.54, 1.807) is 6.92 Å². The summed E-state index contributed by atoms with van der Waals surface area (Å²) in [6.45, 7) is 3.41. The Labute approximate surface area is 534 Å². The molecule has 0 saturated carbocycles. The van der Waals surface area contributed by atoms with Crippen LogP contribution in [0, 0.1) is 5.82 Å². The van der Waals surface area contributed by atoms with E-state index in [2.05, 4.69) is 16.0 Å². The van der Waals surface area contributed by atoms with Crippen LogP contribution in [0.4, 0.5) is 19.7 Å². The molecule has 26 nitrogen and oxygen atoms in total. The number of fused-ring (bicyclic) bond motifs is 8. The van der Waals surface area contributed by atoms with E-state index in [0.29, 0.717) is 22.1 Å². The molecule has 0 bridgehead atoms. The number of methoxy groups -OCH3 is 1. The van der Waals surface area contributed by atoms with E-state index in [-0.39, 0.29) is 121 Å². The molecule has 0 spiro atoms. The number of ether oxygens (including phenoxy) is 11. The molecular formula is C65H63ClFN5O21. The van der Waals surface area contributed by atoms with Crippen LogP contribution >= 0.6 is 11.6 Å². The maximum absolute atomic E-state index is 15.5. The lowest BCUT2D eigenvalue weighted by atomic mass is 9.83. The molecule has 0 radical (unpaired) electrons. The fraction of sp³-hybridized carbons (Fsp3) is 0.385. The number of rotatable bonds is 21. The van der Waals surface area contributed by atoms with Crippen LogP contribution in [0.25, 0.3) is 33.4 Å². The minimum atomic E-state index is -2.12. The third kappa shape index (κ3) is 13.2. The summed E-state index contributed by atoms with van der Waals surface area (Å²) in [4.78, 5) is 123. The van der Waals surface area contributed by atoms with Crippen molar-refractivity contribution in [2.75, 3.05) is 52.0 Å². The number of carbonyl (C=O) groups excluding carboxylic acids is 8. The first kappa shape index (κ1) is 65.0. The molecule has 4 aromatic carbocycles. The van der Waals surface area contributed by atoms with E-state index in [0.717, 1.165) is 56.2 Å². The minimum absolute atomic E-state index is 0.00541. The fourth-order valence-electron chi connectivity index (χ4n) is 12.4. The van der Waals surface area contributed by atoms with E-state index in [4.69, 9.17) is 68.7 Å². The summed E-state index contributed by atoms with van der Waals surface area (Å²) >= 11 is 6.59. The number of pyridine rings is 2. The number of amides is 3. The highest BCUT2D eigenvalue weighted by Crippen LogP contribution is 2.48. The summed E-state index contributed by atoms with van der Waals surface area (Å²) < 4.78 is 78.4. The highest BCUT2D eigenvalue weighted by molar-refractivity contribution is 6.32. The Bertz CT molecular complexity index is 4040. The molecule has 7 atom stereocenters. The van der Waals surface area contributed by atoms with Gasteiger partial charge in [0.15, 0.2) is 23.9 Å². The first-order valence-electron chi connectivity index (χ1n) is 29.7. The third-order valence-electron chi connectivity index (χ3n) is 16.6. The van der Waals surface area contributed by atoms with Crippen LogP contribution in [0.1, 0.15) is 97.0 Å². The predicted molar refractivity (Wildman–Crippen MR) is 322 cm³/mol. The second-order valence-electron chi connectivity index (χ2n) is 22.4. The van der Waals surface area contributed by atoms with Crippen molar-refractivity contribution in [1.82, 2.24) is 20.2 Å². The Hall–Kier alpha value is -9.54. The largest absolute Gasteiger partial charge is 0.467 e. The van der Waals surface area contributed by atoms with Gasteiger partial charge in [0.1, 0.15) is 38.0 Å². The number of aliphatic hydroxyl groups is 1. The molecule has 4 N–H and O–H groups in total. The molecule has 5 heterocycles. The van der Waals surface area contributed by atoms with Gasteiger partial charge in [-0.2, -0.15) is 0 Å². The average Bonchev–Trinajstić information content (AvgIpc) is 1.62. The highest BCUT2D eigenvalue weighted by Gasteiger charge is 2.56. The SMILES string of the molecule is CC[C@@]1(O)C(=O)OCc2c1cc1n(c2=O)Cc2c-1nc1cc(F)c(Cl)c3c1c2[C@@H](NC(=O)OCc1ccc(O[C@@H]2O[C@H](C(=O)OC)[C@@H](OC(C)=O)[C@H](OC(C)=O)[C@H]2OC(C)=O)c(NC(=O)COCCOCCNC(=O)OCC2c4ccccc4-c4ccccc42)c1)CC3. The zero-order chi connectivity index (χ0) is 66.0. The standard InChI is InChI=1S/C65H63ClFN5O21/c1-6-65(82)43-24-48-54-40(26-72(48)59(77)42(43)29-86-62(65)79)52-45(17-16-39-51(52)47(70-54)25-44(67)53(39)66)71-64(81)87-27-34-15-18-49(92-61-58(91-33(4)75)56(90-32(3)74)55(89-31(2)73)57(93-61)60(78)83-5)46(23-34)69-50(76)30-85-22-21-84-20-19-68-63(80)88-28-41-37-13-9-7-11-35(37)36-12-8-10-14-38(36)41/h7-15,18,23-25,41,45,55-58,61,82H,6,16-17,19-22,26-30H2,1-5H3,(H,68,80)(H,69,76)(H,71,81)/t45-,55-,56-,57-,58+,61+,65-/m0/s1. The monoisotopic (exact) mass is 1300 g/mol. The Balaban J connectivity index is 0.785. The Morgan fingerprint density at radius 1 is 0.817 bits per heavy atom. The number of cyclic esters (lactones) is 1. The predicted octanol–water partition coefficient (Wildman–Crippen LogP) is 6.37. The topological polar surface area (TPSA) is 329 Å². The van der Waals surface area contributed by atoms with Gasteiger partial charge in [0.2, 0.25) is 18.3 Å². The van der Waals surface area contributed by atoms with Gasteiger partial charge < -0.3 is 77.7 Å². The molecule has 3 aliphatic heterocycles. The lowest BCUT2D eigenvalue weighted by molar-refractivity contribution is -0.282. The van der Waals surface area contributed by atoms with Crippen molar-refractivity contribution < 1.29 is 100.0 Å². The number of alkyl carbamates (subject to hydrolysis) is 2. The number of hydrogen-bond acceptors (Lipinski definition) is 22. The van der Waals surface area contributed by atoms with Crippen molar-refractivity contribution in [2.45, 2.75) is 115 Å². The van der Waals surface area contributed by atoms with Crippen molar-refractivity contribution in [3.8, 4) is 28.3 Å². The Morgan fingerprint density at radius 3 is 2.20 bits per heavy atom. The van der Waals surface area contributed by atoms with Gasteiger partial charge in [0.05, 0.1) is 72.7 Å². The number of halogens is 2. The van der Waals surface area contributed by atoms with Crippen molar-refractivity contribution in [3.05, 3.63) is 145 Å². The molecule has 488 valence electrons. The van der Waals surface area contributed by atoms with Gasteiger partial charge in [-0.1, -0.05) is 73.1 Å². The smallest absolute Gasteiger partial charge is 0.407 e. The minimum Gasteiger partial charge on any atom is -0.467 e. The average molecular weight is 1300 g/mol. The summed E-state index contributed by atoms with van der Waals surface area (Å²) in [6.07, 6.45) is -10.2. The lowest BCUT2D eigenvalue weighted by Crippen LogP contribution is -2.64. The summed E-state index contributed by atoms with van der Waals surface area (Å²) in [5.41, 5.74) is 4.03. The highest BCUT2D eigenvalue weighted by atomic mass is 35.5. The number of anilines is 1. The van der Waals surface area contributed by atoms with Crippen molar-refractivity contribution in [2.24, 2.45) is 0 Å². The van der Waals surface area contributed by atoms with Gasteiger partial charge >= 0.3 is 42.0 Å². The van der Waals surface area contributed by atoms with Crippen LogP contribution in [-0.2, 0) is 108 Å². The molecular weight excluding hydrogens is 1240 g/mol. The molecule has 1 saturated heterocycles. The quantitative estimate of drug-likeness (QED) is 0.0345. The maximum Gasteiger partial charge on any atom is 0.407 e. The molecule has 2 aromatic heterocycles. The van der Waals surface area contributed by atoms with Gasteiger partial charge in [0, 0.05) is 55.8 Å². The number of benzene rings is 4. The summed E-state index contributed by atoms with van der Waals surface area (Å²) in [6, 6.07) is 21.9. The zero-order valence-corrected chi connectivity index (χ0v) is 51.6. The van der Waals surface area contributed by atoms with Gasteiger partial charge in [0.25, 0.3) is 5.56 Å². The van der Waals surface area contributed by atoms with E-state index < -0.39 is 115 Å². The number of aromatic nitrogens is 2.